The average molecular weight is 335 g/mol. The predicted octanol–water partition coefficient (Wildman–Crippen LogP) is 2.54. The summed E-state index contributed by atoms with van der Waals surface area (Å²) < 4.78 is 51.1. The molecule has 0 aromatic heterocycles. The van der Waals surface area contributed by atoms with Crippen LogP contribution in [0.4, 0.5) is 8.78 Å². The molecule has 8 heteroatoms. The van der Waals surface area contributed by atoms with E-state index < -0.39 is 34.2 Å². The summed E-state index contributed by atoms with van der Waals surface area (Å²) in [5, 5.41) is 9.09. The van der Waals surface area contributed by atoms with Gasteiger partial charge in [-0.05, 0) is 11.5 Å². The van der Waals surface area contributed by atoms with Gasteiger partial charge in [-0.1, -0.05) is 44.5 Å². The Labute approximate surface area is 128 Å². The maximum atomic E-state index is 12.4. The zero-order valence-electron chi connectivity index (χ0n) is 12.3. The van der Waals surface area contributed by atoms with Crippen LogP contribution in [0.2, 0.25) is 0 Å². The smallest absolute Gasteiger partial charge is 0.322 e. The van der Waals surface area contributed by atoms with Crippen LogP contribution in [-0.4, -0.2) is 25.5 Å². The van der Waals surface area contributed by atoms with Gasteiger partial charge in [0.25, 0.3) is 6.43 Å². The second-order valence-corrected chi connectivity index (χ2v) is 6.87. The molecule has 0 bridgehead atoms. The molecule has 0 fully saturated rings. The highest BCUT2D eigenvalue weighted by atomic mass is 32.2. The van der Waals surface area contributed by atoms with E-state index in [0.29, 0.717) is 12.0 Å². The standard InChI is InChI=1S/C14H19F2NO4S/c1-3-9(2)12(14(18)19)17-22(20,21)8-10-4-6-11(7-5-10)13(15)16/h4-7,9,12-13,17H,3,8H2,1-2H3,(H,18,19)/t9-,12-/m0/s1. The quantitative estimate of drug-likeness (QED) is 0.765. The van der Waals surface area contributed by atoms with E-state index in [0.717, 1.165) is 12.1 Å². The van der Waals surface area contributed by atoms with E-state index in [-0.39, 0.29) is 11.5 Å². The van der Waals surface area contributed by atoms with E-state index in [4.69, 9.17) is 5.11 Å². The molecule has 0 spiro atoms. The minimum Gasteiger partial charge on any atom is -0.480 e. The second kappa shape index (κ2) is 7.64. The van der Waals surface area contributed by atoms with Gasteiger partial charge in [0.15, 0.2) is 0 Å². The number of halogens is 2. The fraction of sp³-hybridized carbons (Fsp3) is 0.500. The van der Waals surface area contributed by atoms with Crippen molar-refractivity contribution in [2.75, 3.05) is 0 Å². The van der Waals surface area contributed by atoms with Crippen molar-refractivity contribution in [3.63, 3.8) is 0 Å². The first-order valence-corrected chi connectivity index (χ1v) is 8.41. The lowest BCUT2D eigenvalue weighted by atomic mass is 10.0. The van der Waals surface area contributed by atoms with Gasteiger partial charge in [0.2, 0.25) is 10.0 Å². The van der Waals surface area contributed by atoms with Gasteiger partial charge in [-0.25, -0.2) is 21.9 Å². The SMILES string of the molecule is CC[C@H](C)[C@H](NS(=O)(=O)Cc1ccc(C(F)F)cc1)C(=O)O. The number of carboxylic acids is 1. The van der Waals surface area contributed by atoms with Gasteiger partial charge in [0.1, 0.15) is 6.04 Å². The van der Waals surface area contributed by atoms with E-state index in [1.807, 2.05) is 0 Å². The Morgan fingerprint density at radius 2 is 1.82 bits per heavy atom. The van der Waals surface area contributed by atoms with Crippen LogP contribution in [0.1, 0.15) is 37.8 Å². The number of rotatable bonds is 8. The third-order valence-electron chi connectivity index (χ3n) is 3.37. The zero-order valence-corrected chi connectivity index (χ0v) is 13.1. The van der Waals surface area contributed by atoms with Crippen molar-refractivity contribution in [1.29, 1.82) is 0 Å². The van der Waals surface area contributed by atoms with Crippen molar-refractivity contribution in [1.82, 2.24) is 4.72 Å². The molecule has 1 aromatic rings. The maximum Gasteiger partial charge on any atom is 0.322 e. The molecule has 124 valence electrons. The Kier molecular flexibility index (Phi) is 6.43. The Morgan fingerprint density at radius 1 is 1.27 bits per heavy atom. The van der Waals surface area contributed by atoms with Crippen molar-refractivity contribution in [2.45, 2.75) is 38.5 Å². The number of benzene rings is 1. The topological polar surface area (TPSA) is 83.5 Å². The fourth-order valence-corrected chi connectivity index (χ4v) is 3.29. The highest BCUT2D eigenvalue weighted by Crippen LogP contribution is 2.19. The number of aliphatic carboxylic acids is 1. The Morgan fingerprint density at radius 3 is 2.23 bits per heavy atom. The lowest BCUT2D eigenvalue weighted by molar-refractivity contribution is -0.140. The van der Waals surface area contributed by atoms with Crippen LogP contribution in [0.5, 0.6) is 0 Å². The van der Waals surface area contributed by atoms with E-state index in [2.05, 4.69) is 4.72 Å². The van der Waals surface area contributed by atoms with Gasteiger partial charge < -0.3 is 5.11 Å². The molecule has 0 aliphatic heterocycles. The molecule has 2 atom stereocenters. The summed E-state index contributed by atoms with van der Waals surface area (Å²) in [7, 11) is -3.89. The van der Waals surface area contributed by atoms with Gasteiger partial charge in [0.05, 0.1) is 5.75 Å². The summed E-state index contributed by atoms with van der Waals surface area (Å²) >= 11 is 0. The van der Waals surface area contributed by atoms with Crippen LogP contribution in [0.3, 0.4) is 0 Å². The molecule has 5 nitrogen and oxygen atoms in total. The molecule has 0 saturated carbocycles. The minimum atomic E-state index is -3.89. The van der Waals surface area contributed by atoms with E-state index in [1.165, 1.54) is 12.1 Å². The second-order valence-electron chi connectivity index (χ2n) is 5.12. The Balaban J connectivity index is 2.84. The monoisotopic (exact) mass is 335 g/mol. The Hall–Kier alpha value is -1.54. The number of sulfonamides is 1. The van der Waals surface area contributed by atoms with Crippen LogP contribution in [0.15, 0.2) is 24.3 Å². The molecule has 0 heterocycles. The van der Waals surface area contributed by atoms with E-state index >= 15 is 0 Å². The minimum absolute atomic E-state index is 0.197. The first-order valence-electron chi connectivity index (χ1n) is 6.76. The zero-order chi connectivity index (χ0) is 16.9. The number of carboxylic acid groups (broad SMARTS) is 1. The Bertz CT molecular complexity index is 602. The summed E-state index contributed by atoms with van der Waals surface area (Å²) in [5.41, 5.74) is 0.113. The van der Waals surface area contributed by atoms with Gasteiger partial charge in [-0.2, -0.15) is 0 Å². The van der Waals surface area contributed by atoms with Crippen molar-refractivity contribution < 1.29 is 27.1 Å². The third-order valence-corrected chi connectivity index (χ3v) is 4.70. The van der Waals surface area contributed by atoms with Crippen molar-refractivity contribution in [2.24, 2.45) is 5.92 Å². The fourth-order valence-electron chi connectivity index (χ4n) is 1.86. The molecule has 0 aliphatic carbocycles. The van der Waals surface area contributed by atoms with Crippen LogP contribution >= 0.6 is 0 Å². The summed E-state index contributed by atoms with van der Waals surface area (Å²) in [6.45, 7) is 3.40. The van der Waals surface area contributed by atoms with Gasteiger partial charge in [-0.15, -0.1) is 0 Å². The first-order chi connectivity index (χ1) is 10.2. The number of hydrogen-bond acceptors (Lipinski definition) is 3. The number of carbonyl (C=O) groups is 1. The molecule has 1 aromatic carbocycles. The molecule has 0 unspecified atom stereocenters. The van der Waals surface area contributed by atoms with E-state index in [1.54, 1.807) is 13.8 Å². The van der Waals surface area contributed by atoms with Crippen LogP contribution in [-0.2, 0) is 20.6 Å². The molecule has 0 amide bonds. The average Bonchev–Trinajstić information content (AvgIpc) is 2.44. The lowest BCUT2D eigenvalue weighted by Gasteiger charge is -2.20. The molecular weight excluding hydrogens is 316 g/mol. The number of hydrogen-bond donors (Lipinski definition) is 2. The predicted molar refractivity (Wildman–Crippen MR) is 78.0 cm³/mol. The molecule has 0 radical (unpaired) electrons. The summed E-state index contributed by atoms with van der Waals surface area (Å²) in [6, 6.07) is 3.67. The summed E-state index contributed by atoms with van der Waals surface area (Å²) in [5.74, 6) is -2.07. The number of alkyl halides is 2. The highest BCUT2D eigenvalue weighted by Gasteiger charge is 2.28. The lowest BCUT2D eigenvalue weighted by Crippen LogP contribution is -2.45. The van der Waals surface area contributed by atoms with Crippen LogP contribution in [0, 0.1) is 5.92 Å². The van der Waals surface area contributed by atoms with Crippen LogP contribution < -0.4 is 4.72 Å². The van der Waals surface area contributed by atoms with Gasteiger partial charge in [-0.3, -0.25) is 4.79 Å². The maximum absolute atomic E-state index is 12.4. The molecular formula is C14H19F2NO4S. The van der Waals surface area contributed by atoms with E-state index in [9.17, 15) is 22.0 Å². The normalized spacial score (nSPS) is 14.8. The summed E-state index contributed by atoms with van der Waals surface area (Å²) in [4.78, 5) is 11.1. The highest BCUT2D eigenvalue weighted by molar-refractivity contribution is 7.88. The van der Waals surface area contributed by atoms with Crippen molar-refractivity contribution in [3.8, 4) is 0 Å². The summed E-state index contributed by atoms with van der Waals surface area (Å²) in [6.07, 6.45) is -2.12. The first kappa shape index (κ1) is 18.5. The third kappa shape index (κ3) is 5.34. The molecule has 0 aliphatic rings. The van der Waals surface area contributed by atoms with Gasteiger partial charge in [0, 0.05) is 5.56 Å². The van der Waals surface area contributed by atoms with Crippen molar-refractivity contribution >= 4 is 16.0 Å². The molecule has 1 rings (SSSR count). The molecule has 2 N–H and O–H groups in total. The largest absolute Gasteiger partial charge is 0.480 e. The molecule has 22 heavy (non-hydrogen) atoms. The molecule has 0 saturated heterocycles. The van der Waals surface area contributed by atoms with Gasteiger partial charge >= 0.3 is 5.97 Å². The van der Waals surface area contributed by atoms with Crippen LogP contribution in [0.25, 0.3) is 0 Å². The van der Waals surface area contributed by atoms with Crippen molar-refractivity contribution in [3.05, 3.63) is 35.4 Å². The number of nitrogens with one attached hydrogen (secondary N) is 1.